The number of halogens is 1. The van der Waals surface area contributed by atoms with Gasteiger partial charge in [-0.15, -0.1) is 0 Å². The summed E-state index contributed by atoms with van der Waals surface area (Å²) in [5.74, 6) is 0. The maximum absolute atomic E-state index is 11.9. The average molecular weight is 330 g/mol. The number of para-hydroxylation sites is 1. The number of nitrogens with one attached hydrogen (secondary N) is 2. The lowest BCUT2D eigenvalue weighted by molar-refractivity contribution is 0.262. The van der Waals surface area contributed by atoms with Crippen LogP contribution in [-0.4, -0.2) is 6.03 Å². The Morgan fingerprint density at radius 2 is 1.95 bits per heavy atom. The number of anilines is 2. The Labute approximate surface area is 125 Å². The molecule has 0 bridgehead atoms. The number of nitriles is 1. The number of hydrogen-bond acceptors (Lipinski definition) is 2. The van der Waals surface area contributed by atoms with Crippen molar-refractivity contribution in [2.75, 3.05) is 10.6 Å². The molecule has 100 valence electrons. The Balaban J connectivity index is 2.09. The summed E-state index contributed by atoms with van der Waals surface area (Å²) in [5.41, 5.74) is 2.63. The summed E-state index contributed by atoms with van der Waals surface area (Å²) in [5, 5.41) is 14.4. The Morgan fingerprint density at radius 3 is 2.65 bits per heavy atom. The lowest BCUT2D eigenvalue weighted by Gasteiger charge is -2.09. The molecule has 0 aromatic heterocycles. The molecule has 0 heterocycles. The Morgan fingerprint density at radius 1 is 1.20 bits per heavy atom. The van der Waals surface area contributed by atoms with E-state index >= 15 is 0 Å². The highest BCUT2D eigenvalue weighted by atomic mass is 79.9. The minimum absolute atomic E-state index is 0.380. The predicted octanol–water partition coefficient (Wildman–Crippen LogP) is 4.27. The van der Waals surface area contributed by atoms with E-state index in [1.165, 1.54) is 0 Å². The van der Waals surface area contributed by atoms with Gasteiger partial charge in [0.2, 0.25) is 0 Å². The van der Waals surface area contributed by atoms with E-state index in [2.05, 4.69) is 26.6 Å². The molecule has 0 aliphatic heterocycles. The summed E-state index contributed by atoms with van der Waals surface area (Å²) in [6.07, 6.45) is 0. The molecule has 0 radical (unpaired) electrons. The number of hydrogen-bond donors (Lipinski definition) is 2. The lowest BCUT2D eigenvalue weighted by atomic mass is 10.2. The van der Waals surface area contributed by atoms with Gasteiger partial charge in [0, 0.05) is 10.2 Å². The van der Waals surface area contributed by atoms with Gasteiger partial charge in [-0.25, -0.2) is 4.79 Å². The molecular weight excluding hydrogens is 318 g/mol. The zero-order valence-corrected chi connectivity index (χ0v) is 12.4. The second kappa shape index (κ2) is 6.22. The molecule has 2 N–H and O–H groups in total. The van der Waals surface area contributed by atoms with Crippen LogP contribution in [0.15, 0.2) is 46.9 Å². The molecule has 4 nitrogen and oxygen atoms in total. The molecule has 0 atom stereocenters. The Kier molecular flexibility index (Phi) is 4.38. The molecule has 0 aliphatic rings. The van der Waals surface area contributed by atoms with Crippen LogP contribution in [0.5, 0.6) is 0 Å². The highest BCUT2D eigenvalue weighted by Gasteiger charge is 2.06. The standard InChI is InChI=1S/C15H12BrN3O/c1-10-8-12(6-7-13(10)16)18-15(20)19-14-5-3-2-4-11(14)9-17/h2-8H,1H3,(H2,18,19,20). The largest absolute Gasteiger partial charge is 0.323 e. The molecule has 2 amide bonds. The zero-order chi connectivity index (χ0) is 14.5. The van der Waals surface area contributed by atoms with Crippen LogP contribution in [0.2, 0.25) is 0 Å². The SMILES string of the molecule is Cc1cc(NC(=O)Nc2ccccc2C#N)ccc1Br. The van der Waals surface area contributed by atoms with Gasteiger partial charge in [-0.2, -0.15) is 5.26 Å². The quantitative estimate of drug-likeness (QED) is 0.863. The summed E-state index contributed by atoms with van der Waals surface area (Å²) >= 11 is 3.40. The number of nitrogens with zero attached hydrogens (tertiary/aromatic N) is 1. The minimum atomic E-state index is -0.380. The van der Waals surface area contributed by atoms with Crippen LogP contribution in [0.25, 0.3) is 0 Å². The molecule has 20 heavy (non-hydrogen) atoms. The summed E-state index contributed by atoms with van der Waals surface area (Å²) < 4.78 is 0.985. The fourth-order valence-corrected chi connectivity index (χ4v) is 1.94. The van der Waals surface area contributed by atoms with E-state index in [9.17, 15) is 4.79 Å². The van der Waals surface area contributed by atoms with E-state index in [4.69, 9.17) is 5.26 Å². The van der Waals surface area contributed by atoms with Crippen molar-refractivity contribution >= 4 is 33.3 Å². The molecule has 0 aliphatic carbocycles. The van der Waals surface area contributed by atoms with Gasteiger partial charge in [0.05, 0.1) is 11.3 Å². The van der Waals surface area contributed by atoms with Crippen molar-refractivity contribution in [1.29, 1.82) is 5.26 Å². The van der Waals surface area contributed by atoms with Gasteiger partial charge in [-0.3, -0.25) is 0 Å². The summed E-state index contributed by atoms with van der Waals surface area (Å²) in [7, 11) is 0. The number of benzene rings is 2. The lowest BCUT2D eigenvalue weighted by Crippen LogP contribution is -2.20. The first kappa shape index (κ1) is 14.1. The molecule has 2 rings (SSSR count). The molecule has 2 aromatic carbocycles. The number of rotatable bonds is 2. The van der Waals surface area contributed by atoms with Crippen LogP contribution in [0.1, 0.15) is 11.1 Å². The number of urea groups is 1. The van der Waals surface area contributed by atoms with Crippen LogP contribution in [0, 0.1) is 18.3 Å². The summed E-state index contributed by atoms with van der Waals surface area (Å²) in [6, 6.07) is 14.0. The van der Waals surface area contributed by atoms with E-state index in [0.29, 0.717) is 16.9 Å². The number of carbonyl (C=O) groups is 1. The van der Waals surface area contributed by atoms with Crippen molar-refractivity contribution in [3.63, 3.8) is 0 Å². The Bertz CT molecular complexity index is 692. The van der Waals surface area contributed by atoms with Crippen LogP contribution in [0.3, 0.4) is 0 Å². The third-order valence-electron chi connectivity index (χ3n) is 2.71. The summed E-state index contributed by atoms with van der Waals surface area (Å²) in [4.78, 5) is 11.9. The number of aryl methyl sites for hydroxylation is 1. The van der Waals surface area contributed by atoms with E-state index in [-0.39, 0.29) is 6.03 Å². The first-order chi connectivity index (χ1) is 9.60. The van der Waals surface area contributed by atoms with Crippen molar-refractivity contribution in [2.45, 2.75) is 6.92 Å². The molecule has 0 saturated heterocycles. The topological polar surface area (TPSA) is 64.9 Å². The van der Waals surface area contributed by atoms with Crippen LogP contribution >= 0.6 is 15.9 Å². The zero-order valence-electron chi connectivity index (χ0n) is 10.8. The van der Waals surface area contributed by atoms with Gasteiger partial charge in [0.25, 0.3) is 0 Å². The monoisotopic (exact) mass is 329 g/mol. The van der Waals surface area contributed by atoms with Crippen molar-refractivity contribution in [3.8, 4) is 6.07 Å². The van der Waals surface area contributed by atoms with E-state index in [1.54, 1.807) is 30.3 Å². The van der Waals surface area contributed by atoms with Gasteiger partial charge in [-0.05, 0) is 42.8 Å². The van der Waals surface area contributed by atoms with Gasteiger partial charge in [0.15, 0.2) is 0 Å². The third-order valence-corrected chi connectivity index (χ3v) is 3.60. The molecule has 0 saturated carbocycles. The fraction of sp³-hybridized carbons (Fsp3) is 0.0667. The number of amides is 2. The highest BCUT2D eigenvalue weighted by Crippen LogP contribution is 2.20. The van der Waals surface area contributed by atoms with E-state index < -0.39 is 0 Å². The normalized spacial score (nSPS) is 9.65. The summed E-state index contributed by atoms with van der Waals surface area (Å²) in [6.45, 7) is 1.94. The Hall–Kier alpha value is -2.32. The van der Waals surface area contributed by atoms with Crippen LogP contribution in [0.4, 0.5) is 16.2 Å². The smallest absolute Gasteiger partial charge is 0.308 e. The molecular formula is C15H12BrN3O. The molecule has 0 unspecified atom stereocenters. The van der Waals surface area contributed by atoms with Gasteiger partial charge in [-0.1, -0.05) is 28.1 Å². The van der Waals surface area contributed by atoms with Gasteiger partial charge in [0.1, 0.15) is 6.07 Å². The second-order valence-electron chi connectivity index (χ2n) is 4.20. The van der Waals surface area contributed by atoms with Gasteiger partial charge >= 0.3 is 6.03 Å². The van der Waals surface area contributed by atoms with Crippen molar-refractivity contribution in [1.82, 2.24) is 0 Å². The van der Waals surface area contributed by atoms with Crippen molar-refractivity contribution in [2.24, 2.45) is 0 Å². The van der Waals surface area contributed by atoms with E-state index in [1.807, 2.05) is 25.1 Å². The first-order valence-electron chi connectivity index (χ1n) is 5.93. The van der Waals surface area contributed by atoms with Crippen LogP contribution < -0.4 is 10.6 Å². The molecule has 0 spiro atoms. The average Bonchev–Trinajstić information content (AvgIpc) is 2.43. The van der Waals surface area contributed by atoms with Gasteiger partial charge < -0.3 is 10.6 Å². The number of carbonyl (C=O) groups excluding carboxylic acids is 1. The maximum Gasteiger partial charge on any atom is 0.323 e. The first-order valence-corrected chi connectivity index (χ1v) is 6.73. The maximum atomic E-state index is 11.9. The van der Waals surface area contributed by atoms with Crippen molar-refractivity contribution in [3.05, 3.63) is 58.1 Å². The van der Waals surface area contributed by atoms with E-state index in [0.717, 1.165) is 10.0 Å². The minimum Gasteiger partial charge on any atom is -0.308 e. The molecule has 5 heteroatoms. The predicted molar refractivity (Wildman–Crippen MR) is 82.7 cm³/mol. The van der Waals surface area contributed by atoms with Crippen molar-refractivity contribution < 1.29 is 4.79 Å². The highest BCUT2D eigenvalue weighted by molar-refractivity contribution is 9.10. The van der Waals surface area contributed by atoms with Crippen LogP contribution in [-0.2, 0) is 0 Å². The third kappa shape index (κ3) is 3.37. The molecule has 2 aromatic rings. The molecule has 0 fully saturated rings. The second-order valence-corrected chi connectivity index (χ2v) is 5.05. The fourth-order valence-electron chi connectivity index (χ4n) is 1.70.